The van der Waals surface area contributed by atoms with Crippen molar-refractivity contribution in [1.29, 1.82) is 0 Å². The van der Waals surface area contributed by atoms with Crippen LogP contribution in [0.5, 0.6) is 0 Å². The maximum absolute atomic E-state index is 12.3. The highest BCUT2D eigenvalue weighted by Crippen LogP contribution is 2.21. The smallest absolute Gasteiger partial charge is 0.253 e. The zero-order valence-electron chi connectivity index (χ0n) is 17.2. The van der Waals surface area contributed by atoms with E-state index in [2.05, 4.69) is 20.8 Å². The summed E-state index contributed by atoms with van der Waals surface area (Å²) in [4.78, 5) is 35.7. The molecular weight excluding hydrogens is 454 g/mol. The van der Waals surface area contributed by atoms with Gasteiger partial charge < -0.3 is 25.1 Å². The minimum Gasteiger partial charge on any atom is -0.545 e. The number of carbonyl (C=O) groups is 3. The molecule has 0 saturated heterocycles. The molecule has 0 aliphatic heterocycles. The molecule has 3 rings (SSSR count). The van der Waals surface area contributed by atoms with Crippen molar-refractivity contribution in [3.8, 4) is 0 Å². The van der Waals surface area contributed by atoms with Gasteiger partial charge in [-0.2, -0.15) is 0 Å². The number of nitrogens with one attached hydrogen (secondary N) is 2. The monoisotopic (exact) mass is 472 g/mol. The van der Waals surface area contributed by atoms with Crippen molar-refractivity contribution in [2.24, 2.45) is 7.05 Å². The highest BCUT2D eigenvalue weighted by molar-refractivity contribution is 7.99. The van der Waals surface area contributed by atoms with E-state index in [0.717, 1.165) is 11.8 Å². The summed E-state index contributed by atoms with van der Waals surface area (Å²) >= 11 is 7.19. The molecule has 1 aromatic heterocycles. The molecule has 0 spiro atoms. The number of halogens is 1. The van der Waals surface area contributed by atoms with Crippen LogP contribution in [0, 0.1) is 6.92 Å². The van der Waals surface area contributed by atoms with Gasteiger partial charge in [-0.05, 0) is 30.7 Å². The molecule has 0 atom stereocenters. The molecule has 0 saturated carbocycles. The Balaban J connectivity index is 1.56. The van der Waals surface area contributed by atoms with Gasteiger partial charge in [0.25, 0.3) is 5.91 Å². The van der Waals surface area contributed by atoms with E-state index in [-0.39, 0.29) is 29.7 Å². The minimum absolute atomic E-state index is 0.0206. The second-order valence-corrected chi connectivity index (χ2v) is 8.07. The first-order valence-corrected chi connectivity index (χ1v) is 10.8. The first-order valence-electron chi connectivity index (χ1n) is 9.42. The maximum atomic E-state index is 12.3. The molecule has 2 amide bonds. The predicted octanol–water partition coefficient (Wildman–Crippen LogP) is 1.80. The number of aromatic carboxylic acids is 1. The van der Waals surface area contributed by atoms with E-state index in [0.29, 0.717) is 32.8 Å². The SMILES string of the molecule is Cc1c(NC(=O)CSc2nnc(CNC(=O)c3ccccc3Cl)n2C)cccc1C(=O)[O-]. The Morgan fingerprint density at radius 2 is 1.81 bits per heavy atom. The van der Waals surface area contributed by atoms with Crippen LogP contribution >= 0.6 is 23.4 Å². The maximum Gasteiger partial charge on any atom is 0.253 e. The molecule has 32 heavy (non-hydrogen) atoms. The van der Waals surface area contributed by atoms with Crippen molar-refractivity contribution in [1.82, 2.24) is 20.1 Å². The zero-order chi connectivity index (χ0) is 23.3. The number of anilines is 1. The number of carbonyl (C=O) groups excluding carboxylic acids is 3. The summed E-state index contributed by atoms with van der Waals surface area (Å²) in [5, 5.41) is 25.5. The van der Waals surface area contributed by atoms with E-state index in [1.54, 1.807) is 48.9 Å². The summed E-state index contributed by atoms with van der Waals surface area (Å²) in [5.41, 5.74) is 1.20. The van der Waals surface area contributed by atoms with Crippen molar-refractivity contribution in [2.75, 3.05) is 11.1 Å². The average Bonchev–Trinajstić information content (AvgIpc) is 3.11. The quantitative estimate of drug-likeness (QED) is 0.478. The molecule has 0 bridgehead atoms. The Hall–Kier alpha value is -3.37. The van der Waals surface area contributed by atoms with Crippen molar-refractivity contribution in [2.45, 2.75) is 18.6 Å². The topological polar surface area (TPSA) is 129 Å². The summed E-state index contributed by atoms with van der Waals surface area (Å²) < 4.78 is 1.67. The van der Waals surface area contributed by atoms with Crippen LogP contribution in [-0.2, 0) is 18.4 Å². The number of amides is 2. The van der Waals surface area contributed by atoms with Crippen LogP contribution in [0.3, 0.4) is 0 Å². The van der Waals surface area contributed by atoms with E-state index in [1.807, 2.05) is 0 Å². The number of benzene rings is 2. The molecule has 2 N–H and O–H groups in total. The normalized spacial score (nSPS) is 10.6. The molecule has 0 radical (unpaired) electrons. The number of carboxylic acid groups (broad SMARTS) is 1. The van der Waals surface area contributed by atoms with Gasteiger partial charge >= 0.3 is 0 Å². The van der Waals surface area contributed by atoms with Gasteiger partial charge in [-0.15, -0.1) is 10.2 Å². The van der Waals surface area contributed by atoms with E-state index < -0.39 is 5.97 Å². The number of thioether (sulfide) groups is 1. The largest absolute Gasteiger partial charge is 0.545 e. The fraction of sp³-hybridized carbons (Fsp3) is 0.190. The lowest BCUT2D eigenvalue weighted by Gasteiger charge is -2.13. The molecule has 11 heteroatoms. The fourth-order valence-electron chi connectivity index (χ4n) is 2.83. The third-order valence-electron chi connectivity index (χ3n) is 4.61. The van der Waals surface area contributed by atoms with Gasteiger partial charge in [0, 0.05) is 18.3 Å². The molecule has 0 unspecified atom stereocenters. The minimum atomic E-state index is -1.30. The van der Waals surface area contributed by atoms with Crippen LogP contribution in [0.1, 0.15) is 32.1 Å². The molecule has 1 heterocycles. The lowest BCUT2D eigenvalue weighted by atomic mass is 10.1. The Morgan fingerprint density at radius 3 is 2.53 bits per heavy atom. The fourth-order valence-corrected chi connectivity index (χ4v) is 3.78. The van der Waals surface area contributed by atoms with Crippen molar-refractivity contribution >= 4 is 46.8 Å². The number of aromatic nitrogens is 3. The van der Waals surface area contributed by atoms with Crippen molar-refractivity contribution in [3.63, 3.8) is 0 Å². The lowest BCUT2D eigenvalue weighted by Crippen LogP contribution is -2.24. The lowest BCUT2D eigenvalue weighted by molar-refractivity contribution is -0.255. The Labute approximate surface area is 193 Å². The van der Waals surface area contributed by atoms with Crippen LogP contribution in [0.15, 0.2) is 47.6 Å². The summed E-state index contributed by atoms with van der Waals surface area (Å²) in [5.74, 6) is -1.43. The number of hydrogen-bond donors (Lipinski definition) is 2. The summed E-state index contributed by atoms with van der Waals surface area (Å²) in [6, 6.07) is 11.3. The Morgan fingerprint density at radius 1 is 1.09 bits per heavy atom. The van der Waals surface area contributed by atoms with Crippen molar-refractivity contribution in [3.05, 3.63) is 70.0 Å². The molecule has 0 fully saturated rings. The first-order chi connectivity index (χ1) is 15.3. The second kappa shape index (κ2) is 10.3. The summed E-state index contributed by atoms with van der Waals surface area (Å²) in [7, 11) is 1.73. The van der Waals surface area contributed by atoms with E-state index in [9.17, 15) is 19.5 Å². The summed E-state index contributed by atoms with van der Waals surface area (Å²) in [6.45, 7) is 1.73. The van der Waals surface area contributed by atoms with Gasteiger partial charge in [0.15, 0.2) is 11.0 Å². The third-order valence-corrected chi connectivity index (χ3v) is 5.96. The highest BCUT2D eigenvalue weighted by Gasteiger charge is 2.15. The average molecular weight is 473 g/mol. The molecule has 2 aromatic carbocycles. The van der Waals surface area contributed by atoms with Gasteiger partial charge in [-0.3, -0.25) is 9.59 Å². The van der Waals surface area contributed by atoms with E-state index in [4.69, 9.17) is 11.6 Å². The van der Waals surface area contributed by atoms with Crippen LogP contribution in [-0.4, -0.2) is 38.3 Å². The van der Waals surface area contributed by atoms with Crippen molar-refractivity contribution < 1.29 is 19.5 Å². The molecule has 0 aliphatic carbocycles. The van der Waals surface area contributed by atoms with Gasteiger partial charge in [0.1, 0.15) is 0 Å². The number of rotatable bonds is 8. The predicted molar refractivity (Wildman–Crippen MR) is 118 cm³/mol. The van der Waals surface area contributed by atoms with Crippen LogP contribution in [0.25, 0.3) is 0 Å². The number of hydrogen-bond acceptors (Lipinski definition) is 7. The van der Waals surface area contributed by atoms with Gasteiger partial charge in [-0.25, -0.2) is 0 Å². The first kappa shape index (κ1) is 23.3. The summed E-state index contributed by atoms with van der Waals surface area (Å²) in [6.07, 6.45) is 0. The Bertz CT molecular complexity index is 1180. The van der Waals surface area contributed by atoms with E-state index in [1.165, 1.54) is 12.1 Å². The third kappa shape index (κ3) is 5.45. The Kier molecular flexibility index (Phi) is 7.49. The van der Waals surface area contributed by atoms with Crippen LogP contribution < -0.4 is 15.7 Å². The molecule has 166 valence electrons. The standard InChI is InChI=1S/C21H20ClN5O4S/c1-12-13(20(30)31)7-5-9-16(12)24-18(28)11-32-21-26-25-17(27(21)2)10-23-19(29)14-6-3-4-8-15(14)22/h3-9H,10-11H2,1-2H3,(H,23,29)(H,24,28)(H,30,31)/p-1. The molecule has 0 aliphatic rings. The van der Waals surface area contributed by atoms with E-state index >= 15 is 0 Å². The molecular formula is C21H19ClN5O4S-. The second-order valence-electron chi connectivity index (χ2n) is 6.72. The van der Waals surface area contributed by atoms with Gasteiger partial charge in [-0.1, -0.05) is 47.6 Å². The number of nitrogens with zero attached hydrogens (tertiary/aromatic N) is 3. The zero-order valence-corrected chi connectivity index (χ0v) is 18.8. The van der Waals surface area contributed by atoms with Gasteiger partial charge in [0.05, 0.1) is 28.9 Å². The van der Waals surface area contributed by atoms with Gasteiger partial charge in [0.2, 0.25) is 5.91 Å². The molecule has 3 aromatic rings. The number of carboxylic acids is 1. The van der Waals surface area contributed by atoms with Crippen LogP contribution in [0.2, 0.25) is 5.02 Å². The van der Waals surface area contributed by atoms with Crippen LogP contribution in [0.4, 0.5) is 5.69 Å². The molecule has 9 nitrogen and oxygen atoms in total. The highest BCUT2D eigenvalue weighted by atomic mass is 35.5.